The Labute approximate surface area is 120 Å². The van der Waals surface area contributed by atoms with Crippen molar-refractivity contribution in [2.75, 3.05) is 7.11 Å². The van der Waals surface area contributed by atoms with E-state index in [1.165, 1.54) is 0 Å². The van der Waals surface area contributed by atoms with Gasteiger partial charge in [-0.15, -0.1) is 0 Å². The van der Waals surface area contributed by atoms with E-state index in [1.54, 1.807) is 19.2 Å². The number of benzene rings is 1. The lowest BCUT2D eigenvalue weighted by atomic mass is 10.1. The maximum Gasteiger partial charge on any atom is 0.338 e. The van der Waals surface area contributed by atoms with Crippen LogP contribution in [-0.2, 0) is 23.7 Å². The zero-order chi connectivity index (χ0) is 14.6. The summed E-state index contributed by atoms with van der Waals surface area (Å²) in [5, 5.41) is 9.64. The molecule has 0 spiro atoms. The lowest BCUT2D eigenvalue weighted by Crippen LogP contribution is -2.32. The molecule has 3 fully saturated rings. The summed E-state index contributed by atoms with van der Waals surface area (Å²) in [6, 6.07) is 7.27. The zero-order valence-electron chi connectivity index (χ0n) is 11.2. The largest absolute Gasteiger partial charge is 0.497 e. The quantitative estimate of drug-likeness (QED) is 0.776. The van der Waals surface area contributed by atoms with Crippen LogP contribution in [0.5, 0.6) is 5.75 Å². The summed E-state index contributed by atoms with van der Waals surface area (Å²) in [4.78, 5) is 11.3. The standard InChI is InChI=1S/C14H14O7/c1-17-7-4-2-6(3-5-7)13-20-11-10-9(19-14(11)21-13)8(15)12(16)18-10/h2-5,8-11,13-15H,1H3. The Bertz CT molecular complexity index is 557. The average molecular weight is 294 g/mol. The Morgan fingerprint density at radius 3 is 2.52 bits per heavy atom. The molecule has 0 aliphatic carbocycles. The van der Waals surface area contributed by atoms with Crippen molar-refractivity contribution in [2.45, 2.75) is 37.0 Å². The van der Waals surface area contributed by atoms with Crippen LogP contribution >= 0.6 is 0 Å². The molecule has 0 radical (unpaired) electrons. The van der Waals surface area contributed by atoms with Gasteiger partial charge >= 0.3 is 5.97 Å². The SMILES string of the molecule is COc1ccc(C2OC3OC4C(O)C(=O)OC4C3O2)cc1. The van der Waals surface area contributed by atoms with E-state index in [4.69, 9.17) is 23.7 Å². The number of fused-ring (bicyclic) bond motifs is 3. The molecule has 7 nitrogen and oxygen atoms in total. The minimum atomic E-state index is -1.27. The van der Waals surface area contributed by atoms with Crippen LogP contribution in [-0.4, -0.2) is 48.9 Å². The number of ether oxygens (including phenoxy) is 5. The third-order valence-electron chi connectivity index (χ3n) is 3.94. The molecule has 1 N–H and O–H groups in total. The first-order chi connectivity index (χ1) is 10.2. The lowest BCUT2D eigenvalue weighted by molar-refractivity contribution is -0.173. The number of aliphatic hydroxyl groups is 1. The molecule has 21 heavy (non-hydrogen) atoms. The average Bonchev–Trinajstić information content (AvgIpc) is 3.13. The topological polar surface area (TPSA) is 83.5 Å². The summed E-state index contributed by atoms with van der Waals surface area (Å²) < 4.78 is 27.2. The molecule has 1 aromatic rings. The van der Waals surface area contributed by atoms with Crippen LogP contribution in [0.4, 0.5) is 0 Å². The van der Waals surface area contributed by atoms with E-state index in [-0.39, 0.29) is 0 Å². The Hall–Kier alpha value is -1.67. The van der Waals surface area contributed by atoms with E-state index < -0.39 is 43.0 Å². The summed E-state index contributed by atoms with van der Waals surface area (Å²) in [6.45, 7) is 0. The van der Waals surface area contributed by atoms with Crippen molar-refractivity contribution in [1.82, 2.24) is 0 Å². The molecule has 1 aromatic carbocycles. The van der Waals surface area contributed by atoms with Gasteiger partial charge in [0.2, 0.25) is 0 Å². The number of methoxy groups -OCH3 is 1. The Morgan fingerprint density at radius 1 is 1.05 bits per heavy atom. The van der Waals surface area contributed by atoms with Gasteiger partial charge in [0, 0.05) is 5.56 Å². The molecular formula is C14H14O7. The fourth-order valence-corrected chi connectivity index (χ4v) is 2.84. The number of esters is 1. The highest BCUT2D eigenvalue weighted by Gasteiger charge is 2.61. The van der Waals surface area contributed by atoms with Crippen LogP contribution in [0, 0.1) is 0 Å². The molecule has 0 bridgehead atoms. The molecule has 3 heterocycles. The van der Waals surface area contributed by atoms with Crippen molar-refractivity contribution in [2.24, 2.45) is 0 Å². The fraction of sp³-hybridized carbons (Fsp3) is 0.500. The second-order valence-electron chi connectivity index (χ2n) is 5.16. The summed E-state index contributed by atoms with van der Waals surface area (Å²) in [6.07, 6.45) is -4.38. The Morgan fingerprint density at radius 2 is 1.81 bits per heavy atom. The number of carbonyl (C=O) groups excluding carboxylic acids is 1. The third kappa shape index (κ3) is 1.93. The van der Waals surface area contributed by atoms with E-state index >= 15 is 0 Å². The van der Waals surface area contributed by atoms with Gasteiger partial charge in [0.15, 0.2) is 30.9 Å². The molecule has 6 unspecified atom stereocenters. The third-order valence-corrected chi connectivity index (χ3v) is 3.94. The molecule has 6 atom stereocenters. The van der Waals surface area contributed by atoms with E-state index in [2.05, 4.69) is 0 Å². The fourth-order valence-electron chi connectivity index (χ4n) is 2.84. The van der Waals surface area contributed by atoms with Crippen molar-refractivity contribution in [3.05, 3.63) is 29.8 Å². The van der Waals surface area contributed by atoms with Crippen molar-refractivity contribution in [1.29, 1.82) is 0 Å². The van der Waals surface area contributed by atoms with Gasteiger partial charge in [-0.05, 0) is 12.1 Å². The van der Waals surface area contributed by atoms with Crippen LogP contribution in [0.1, 0.15) is 11.9 Å². The maximum atomic E-state index is 11.3. The first-order valence-electron chi connectivity index (χ1n) is 6.66. The minimum Gasteiger partial charge on any atom is -0.497 e. The molecule has 7 heteroatoms. The summed E-state index contributed by atoms with van der Waals surface area (Å²) in [5.74, 6) is 0.0565. The van der Waals surface area contributed by atoms with Crippen LogP contribution in [0.15, 0.2) is 24.3 Å². The molecule has 3 aliphatic heterocycles. The molecule has 3 saturated heterocycles. The maximum absolute atomic E-state index is 11.3. The van der Waals surface area contributed by atoms with Gasteiger partial charge in [0.05, 0.1) is 7.11 Å². The van der Waals surface area contributed by atoms with Crippen LogP contribution in [0.2, 0.25) is 0 Å². The van der Waals surface area contributed by atoms with Gasteiger partial charge in [-0.2, -0.15) is 0 Å². The first kappa shape index (κ1) is 13.0. The number of carbonyl (C=O) groups is 1. The van der Waals surface area contributed by atoms with Crippen LogP contribution < -0.4 is 4.74 Å². The van der Waals surface area contributed by atoms with Gasteiger partial charge in [-0.3, -0.25) is 0 Å². The summed E-state index contributed by atoms with van der Waals surface area (Å²) in [5.41, 5.74) is 0.815. The van der Waals surface area contributed by atoms with Gasteiger partial charge < -0.3 is 28.8 Å². The molecule has 0 aromatic heterocycles. The predicted octanol–water partition coefficient (Wildman–Crippen LogP) is 0.120. The highest BCUT2D eigenvalue weighted by molar-refractivity contribution is 5.78. The molecule has 0 amide bonds. The zero-order valence-corrected chi connectivity index (χ0v) is 11.2. The number of rotatable bonds is 2. The molecule has 4 rings (SSSR count). The highest BCUT2D eigenvalue weighted by atomic mass is 16.8. The second-order valence-corrected chi connectivity index (χ2v) is 5.16. The Kier molecular flexibility index (Phi) is 2.90. The Balaban J connectivity index is 1.50. The molecular weight excluding hydrogens is 280 g/mol. The minimum absolute atomic E-state index is 0.525. The van der Waals surface area contributed by atoms with E-state index in [1.807, 2.05) is 12.1 Å². The van der Waals surface area contributed by atoms with Crippen molar-refractivity contribution in [3.63, 3.8) is 0 Å². The number of hydrogen-bond acceptors (Lipinski definition) is 7. The number of hydrogen-bond donors (Lipinski definition) is 1. The number of aliphatic hydroxyl groups excluding tert-OH is 1. The van der Waals surface area contributed by atoms with Gasteiger partial charge in [0.1, 0.15) is 11.9 Å². The van der Waals surface area contributed by atoms with E-state index in [9.17, 15) is 9.90 Å². The van der Waals surface area contributed by atoms with E-state index in [0.29, 0.717) is 0 Å². The summed E-state index contributed by atoms with van der Waals surface area (Å²) >= 11 is 0. The van der Waals surface area contributed by atoms with Gasteiger partial charge in [-0.25, -0.2) is 4.79 Å². The van der Waals surface area contributed by atoms with Gasteiger partial charge in [-0.1, -0.05) is 12.1 Å². The molecule has 3 aliphatic rings. The molecule has 0 saturated carbocycles. The van der Waals surface area contributed by atoms with Gasteiger partial charge in [0.25, 0.3) is 0 Å². The second kappa shape index (κ2) is 4.67. The van der Waals surface area contributed by atoms with Crippen LogP contribution in [0.25, 0.3) is 0 Å². The van der Waals surface area contributed by atoms with Crippen molar-refractivity contribution < 1.29 is 33.6 Å². The smallest absolute Gasteiger partial charge is 0.338 e. The highest BCUT2D eigenvalue weighted by Crippen LogP contribution is 2.43. The monoisotopic (exact) mass is 294 g/mol. The predicted molar refractivity (Wildman–Crippen MR) is 66.2 cm³/mol. The summed E-state index contributed by atoms with van der Waals surface area (Å²) in [7, 11) is 1.59. The normalized spacial score (nSPS) is 40.8. The van der Waals surface area contributed by atoms with Crippen molar-refractivity contribution >= 4 is 5.97 Å². The van der Waals surface area contributed by atoms with Crippen LogP contribution in [0.3, 0.4) is 0 Å². The van der Waals surface area contributed by atoms with Crippen molar-refractivity contribution in [3.8, 4) is 5.75 Å². The first-order valence-corrected chi connectivity index (χ1v) is 6.66. The molecule has 112 valence electrons. The van der Waals surface area contributed by atoms with E-state index in [0.717, 1.165) is 11.3 Å². The lowest BCUT2D eigenvalue weighted by Gasteiger charge is -2.16.